The van der Waals surface area contributed by atoms with Crippen LogP contribution >= 0.6 is 0 Å². The van der Waals surface area contributed by atoms with Crippen molar-refractivity contribution in [2.75, 3.05) is 0 Å². The van der Waals surface area contributed by atoms with Gasteiger partial charge in [-0.15, -0.1) is 0 Å². The van der Waals surface area contributed by atoms with E-state index in [2.05, 4.69) is 3.82 Å². The first-order valence-corrected chi connectivity index (χ1v) is 6.99. The molecule has 56 valence electrons. The van der Waals surface area contributed by atoms with E-state index < -0.39 is 13.4 Å². The molecule has 0 atom stereocenters. The van der Waals surface area contributed by atoms with Gasteiger partial charge in [-0.25, -0.2) is 0 Å². The van der Waals surface area contributed by atoms with Crippen LogP contribution < -0.4 is 3.82 Å². The standard InChI is InChI=1S/C4H4O4Se2/c5-10(6,7)8-4-2-1-3-9-4/h1-3H,(H,5,6,7). The third-order valence-corrected chi connectivity index (χ3v) is 3.60. The van der Waals surface area contributed by atoms with Crippen molar-refractivity contribution in [1.82, 2.24) is 0 Å². The molecule has 1 aromatic heterocycles. The number of hydrogen-bond acceptors (Lipinski definition) is 3. The van der Waals surface area contributed by atoms with Crippen LogP contribution in [0, 0.1) is 0 Å². The summed E-state index contributed by atoms with van der Waals surface area (Å²) in [7, 11) is 0. The van der Waals surface area contributed by atoms with E-state index in [1.54, 1.807) is 11.0 Å². The summed E-state index contributed by atoms with van der Waals surface area (Å²) in [4.78, 5) is 1.80. The summed E-state index contributed by atoms with van der Waals surface area (Å²) >= 11 is -5.05. The van der Waals surface area contributed by atoms with E-state index >= 15 is 0 Å². The Bertz CT molecular complexity index is 285. The summed E-state index contributed by atoms with van der Waals surface area (Å²) in [5.74, 6) is 0. The average Bonchev–Trinajstić information content (AvgIpc) is 2.12. The molecule has 0 aliphatic carbocycles. The summed E-state index contributed by atoms with van der Waals surface area (Å²) in [6, 6.07) is 3.22. The van der Waals surface area contributed by atoms with Crippen LogP contribution in [-0.2, 0) is 7.67 Å². The molecule has 0 unspecified atom stereocenters. The Balaban J connectivity index is 2.75. The molecule has 10 heavy (non-hydrogen) atoms. The van der Waals surface area contributed by atoms with Crippen LogP contribution in [0.3, 0.4) is 0 Å². The number of rotatable bonds is 2. The minimum atomic E-state index is -4.98. The first-order chi connectivity index (χ1) is 4.58. The Morgan fingerprint density at radius 3 is 2.70 bits per heavy atom. The molecule has 0 bridgehead atoms. The van der Waals surface area contributed by atoms with Crippen molar-refractivity contribution < 1.29 is 15.7 Å². The molecule has 0 spiro atoms. The van der Waals surface area contributed by atoms with Crippen LogP contribution in [0.15, 0.2) is 17.1 Å². The topological polar surface area (TPSA) is 63.6 Å². The first kappa shape index (κ1) is 7.98. The van der Waals surface area contributed by atoms with Gasteiger partial charge in [0.05, 0.1) is 0 Å². The van der Waals surface area contributed by atoms with Gasteiger partial charge in [-0.2, -0.15) is 0 Å². The monoisotopic (exact) mass is 276 g/mol. The van der Waals surface area contributed by atoms with Gasteiger partial charge in [-0.3, -0.25) is 0 Å². The summed E-state index contributed by atoms with van der Waals surface area (Å²) in [5, 5.41) is 0. The fourth-order valence-corrected chi connectivity index (χ4v) is 3.36. The SMILES string of the molecule is O=[Se](=O)(O)Oc1ccc[se]1. The van der Waals surface area contributed by atoms with E-state index in [0.29, 0.717) is 4.62 Å². The van der Waals surface area contributed by atoms with E-state index in [-0.39, 0.29) is 14.5 Å². The molecule has 0 fully saturated rings. The molecule has 0 aliphatic rings. The molecule has 1 rings (SSSR count). The zero-order valence-electron chi connectivity index (χ0n) is 4.72. The number of hydrogen-bond donors (Lipinski definition) is 1. The third-order valence-electron chi connectivity index (χ3n) is 0.683. The molecular weight excluding hydrogens is 270 g/mol. The summed E-state index contributed by atoms with van der Waals surface area (Å²) < 4.78 is 33.1. The van der Waals surface area contributed by atoms with Crippen molar-refractivity contribution in [3.05, 3.63) is 17.1 Å². The van der Waals surface area contributed by atoms with Gasteiger partial charge in [-0.05, 0) is 0 Å². The molecule has 1 aromatic rings. The van der Waals surface area contributed by atoms with Gasteiger partial charge in [0.2, 0.25) is 0 Å². The van der Waals surface area contributed by atoms with E-state index in [1.165, 1.54) is 6.07 Å². The average molecular weight is 274 g/mol. The van der Waals surface area contributed by atoms with Gasteiger partial charge in [0.15, 0.2) is 0 Å². The zero-order chi connectivity index (χ0) is 7.61. The third kappa shape index (κ3) is 2.64. The Morgan fingerprint density at radius 2 is 2.30 bits per heavy atom. The second kappa shape index (κ2) is 2.86. The second-order valence-corrected chi connectivity index (χ2v) is 5.50. The minimum absolute atomic E-state index is 0.0693. The van der Waals surface area contributed by atoms with Gasteiger partial charge in [0.25, 0.3) is 0 Å². The Kier molecular flexibility index (Phi) is 2.28. The van der Waals surface area contributed by atoms with E-state index in [0.717, 1.165) is 0 Å². The Hall–Kier alpha value is -0.121. The molecule has 1 heterocycles. The van der Waals surface area contributed by atoms with Crippen molar-refractivity contribution in [2.24, 2.45) is 0 Å². The predicted molar refractivity (Wildman–Crippen MR) is 33.4 cm³/mol. The second-order valence-electron chi connectivity index (χ2n) is 1.44. The van der Waals surface area contributed by atoms with Crippen molar-refractivity contribution in [3.8, 4) is 4.62 Å². The van der Waals surface area contributed by atoms with E-state index in [4.69, 9.17) is 4.19 Å². The first-order valence-electron chi connectivity index (χ1n) is 2.28. The molecule has 0 saturated carbocycles. The van der Waals surface area contributed by atoms with Gasteiger partial charge in [0, 0.05) is 0 Å². The predicted octanol–water partition coefficient (Wildman–Crippen LogP) is -0.589. The molecule has 1 N–H and O–H groups in total. The maximum atomic E-state index is 10.1. The molecule has 6 heteroatoms. The van der Waals surface area contributed by atoms with Crippen molar-refractivity contribution in [2.45, 2.75) is 0 Å². The molecule has 0 radical (unpaired) electrons. The van der Waals surface area contributed by atoms with Crippen molar-refractivity contribution in [3.63, 3.8) is 0 Å². The van der Waals surface area contributed by atoms with Crippen LogP contribution in [0.25, 0.3) is 0 Å². The normalized spacial score (nSPS) is 11.3. The fourth-order valence-electron chi connectivity index (χ4n) is 0.415. The molecule has 4 nitrogen and oxygen atoms in total. The molecular formula is C4H4O4Se2. The molecule has 0 aliphatic heterocycles. The van der Waals surface area contributed by atoms with Crippen LogP contribution in [0.5, 0.6) is 4.62 Å². The molecule has 0 saturated heterocycles. The quantitative estimate of drug-likeness (QED) is 0.732. The van der Waals surface area contributed by atoms with Crippen LogP contribution in [0.1, 0.15) is 0 Å². The Morgan fingerprint density at radius 1 is 1.60 bits per heavy atom. The van der Waals surface area contributed by atoms with Gasteiger partial charge in [-0.1, -0.05) is 0 Å². The van der Waals surface area contributed by atoms with Crippen LogP contribution in [0.2, 0.25) is 0 Å². The Labute approximate surface area is 65.5 Å². The molecule has 0 aromatic carbocycles. The van der Waals surface area contributed by atoms with Crippen molar-refractivity contribution in [1.29, 1.82) is 0 Å². The maximum absolute atomic E-state index is 10.1. The van der Waals surface area contributed by atoms with Gasteiger partial charge >= 0.3 is 65.2 Å². The summed E-state index contributed by atoms with van der Waals surface area (Å²) in [5.41, 5.74) is 0. The van der Waals surface area contributed by atoms with Gasteiger partial charge < -0.3 is 0 Å². The molecule has 0 amide bonds. The van der Waals surface area contributed by atoms with E-state index in [1.807, 2.05) is 0 Å². The fraction of sp³-hybridized carbons (Fsp3) is 0. The van der Waals surface area contributed by atoms with E-state index in [9.17, 15) is 7.67 Å². The van der Waals surface area contributed by atoms with Gasteiger partial charge in [0.1, 0.15) is 0 Å². The van der Waals surface area contributed by atoms with Crippen LogP contribution in [-0.4, -0.2) is 32.1 Å². The summed E-state index contributed by atoms with van der Waals surface area (Å²) in [6.07, 6.45) is 0. The van der Waals surface area contributed by atoms with Crippen molar-refractivity contribution >= 4 is 27.9 Å². The van der Waals surface area contributed by atoms with Crippen LogP contribution in [0.4, 0.5) is 0 Å². The zero-order valence-corrected chi connectivity index (χ0v) is 8.15. The summed E-state index contributed by atoms with van der Waals surface area (Å²) in [6.45, 7) is 0.